The third-order valence-corrected chi connectivity index (χ3v) is 11.9. The fourth-order valence-corrected chi connectivity index (χ4v) is 9.12. The first-order valence-electron chi connectivity index (χ1n) is 20.4. The van der Waals surface area contributed by atoms with Crippen molar-refractivity contribution in [2.45, 2.75) is 0 Å². The molecule has 0 atom stereocenters. The molecule has 0 radical (unpaired) electrons. The van der Waals surface area contributed by atoms with Crippen LogP contribution in [0.25, 0.3) is 111 Å². The maximum Gasteiger partial charge on any atom is 0.160 e. The van der Waals surface area contributed by atoms with Crippen molar-refractivity contribution in [2.24, 2.45) is 0 Å². The summed E-state index contributed by atoms with van der Waals surface area (Å²) >= 11 is 0. The second kappa shape index (κ2) is 13.8. The SMILES string of the molecule is c1ccc(-c2cc(-c3cccc(-n4c5ccccc5c5cc(-c6ccc7c8ccccc8n(-c8cccc9ccccc89)c7c6)ccc54)c3)nc(-c3ccccc3)n2)cc1. The molecule has 280 valence electrons. The first-order chi connectivity index (χ1) is 29.7. The Morgan fingerprint density at radius 2 is 0.833 bits per heavy atom. The van der Waals surface area contributed by atoms with Crippen LogP contribution >= 0.6 is 0 Å². The number of hydrogen-bond acceptors (Lipinski definition) is 2. The van der Waals surface area contributed by atoms with E-state index in [1.807, 2.05) is 24.3 Å². The van der Waals surface area contributed by atoms with E-state index in [0.717, 1.165) is 44.8 Å². The Labute approximate surface area is 346 Å². The predicted molar refractivity (Wildman–Crippen MR) is 250 cm³/mol. The summed E-state index contributed by atoms with van der Waals surface area (Å²) in [6.45, 7) is 0. The molecule has 0 saturated carbocycles. The highest BCUT2D eigenvalue weighted by molar-refractivity contribution is 6.13. The molecule has 0 aliphatic carbocycles. The van der Waals surface area contributed by atoms with E-state index in [9.17, 15) is 0 Å². The second-order valence-electron chi connectivity index (χ2n) is 15.4. The fourth-order valence-electron chi connectivity index (χ4n) is 9.12. The maximum atomic E-state index is 5.15. The Bertz CT molecular complexity index is 3530. The van der Waals surface area contributed by atoms with Crippen molar-refractivity contribution in [1.82, 2.24) is 19.1 Å². The molecule has 3 heterocycles. The van der Waals surface area contributed by atoms with Crippen molar-refractivity contribution in [1.29, 1.82) is 0 Å². The molecule has 4 nitrogen and oxygen atoms in total. The van der Waals surface area contributed by atoms with Gasteiger partial charge in [-0.3, -0.25) is 0 Å². The van der Waals surface area contributed by atoms with Gasteiger partial charge in [0.15, 0.2) is 5.82 Å². The molecule has 3 aromatic heterocycles. The molecule has 0 aliphatic heterocycles. The molecule has 0 saturated heterocycles. The Hall–Kier alpha value is -8.08. The van der Waals surface area contributed by atoms with Crippen LogP contribution < -0.4 is 0 Å². The minimum atomic E-state index is 0.706. The molecule has 60 heavy (non-hydrogen) atoms. The molecule has 0 aliphatic rings. The molecule has 0 unspecified atom stereocenters. The van der Waals surface area contributed by atoms with E-state index in [0.29, 0.717) is 5.82 Å². The number of benzene rings is 9. The minimum absolute atomic E-state index is 0.706. The van der Waals surface area contributed by atoms with Gasteiger partial charge in [0.1, 0.15) is 0 Å². The molecule has 0 amide bonds. The van der Waals surface area contributed by atoms with Crippen molar-refractivity contribution < 1.29 is 0 Å². The van der Waals surface area contributed by atoms with Gasteiger partial charge in [0, 0.05) is 49.3 Å². The second-order valence-corrected chi connectivity index (χ2v) is 15.4. The third-order valence-electron chi connectivity index (χ3n) is 11.9. The molecule has 9 aromatic carbocycles. The van der Waals surface area contributed by atoms with Gasteiger partial charge in [-0.05, 0) is 71.1 Å². The summed E-state index contributed by atoms with van der Waals surface area (Å²) in [5.74, 6) is 0.706. The fraction of sp³-hybridized carbons (Fsp3) is 0. The summed E-state index contributed by atoms with van der Waals surface area (Å²) < 4.78 is 4.83. The predicted octanol–water partition coefficient (Wildman–Crippen LogP) is 14.5. The Morgan fingerprint density at radius 3 is 1.63 bits per heavy atom. The van der Waals surface area contributed by atoms with Crippen molar-refractivity contribution in [3.63, 3.8) is 0 Å². The summed E-state index contributed by atoms with van der Waals surface area (Å²) in [6.07, 6.45) is 0. The van der Waals surface area contributed by atoms with Crippen LogP contribution in [0.3, 0.4) is 0 Å². The average Bonchev–Trinajstić information content (AvgIpc) is 3.84. The molecule has 12 rings (SSSR count). The van der Waals surface area contributed by atoms with Crippen molar-refractivity contribution in [3.8, 4) is 56.4 Å². The summed E-state index contributed by atoms with van der Waals surface area (Å²) in [6, 6.07) is 78.1. The molecular weight excluding hydrogens is 729 g/mol. The number of hydrogen-bond donors (Lipinski definition) is 0. The first-order valence-corrected chi connectivity index (χ1v) is 20.4. The zero-order valence-electron chi connectivity index (χ0n) is 32.6. The molecule has 0 bridgehead atoms. The molecule has 0 spiro atoms. The smallest absolute Gasteiger partial charge is 0.160 e. The summed E-state index contributed by atoms with van der Waals surface area (Å²) in [4.78, 5) is 10.2. The Kier molecular flexibility index (Phi) is 7.82. The van der Waals surface area contributed by atoms with Crippen LogP contribution in [0.15, 0.2) is 218 Å². The molecule has 0 N–H and O–H groups in total. The van der Waals surface area contributed by atoms with Gasteiger partial charge in [0.25, 0.3) is 0 Å². The number of para-hydroxylation sites is 2. The lowest BCUT2D eigenvalue weighted by atomic mass is 10.0. The van der Waals surface area contributed by atoms with Gasteiger partial charge in [0.05, 0.1) is 39.1 Å². The molecular formula is C56H36N4. The lowest BCUT2D eigenvalue weighted by molar-refractivity contribution is 1.16. The van der Waals surface area contributed by atoms with Gasteiger partial charge in [-0.25, -0.2) is 9.97 Å². The first kappa shape index (κ1) is 34.0. The van der Waals surface area contributed by atoms with Crippen LogP contribution in [0.4, 0.5) is 0 Å². The molecule has 4 heteroatoms. The summed E-state index contributed by atoms with van der Waals surface area (Å²) in [5, 5.41) is 7.39. The maximum absolute atomic E-state index is 5.15. The van der Waals surface area contributed by atoms with Gasteiger partial charge in [-0.15, -0.1) is 0 Å². The summed E-state index contributed by atoms with van der Waals surface area (Å²) in [5.41, 5.74) is 14.2. The van der Waals surface area contributed by atoms with Crippen LogP contribution in [-0.4, -0.2) is 19.1 Å². The van der Waals surface area contributed by atoms with Crippen LogP contribution in [0, 0.1) is 0 Å². The largest absolute Gasteiger partial charge is 0.309 e. The Morgan fingerprint density at radius 1 is 0.283 bits per heavy atom. The van der Waals surface area contributed by atoms with E-state index in [1.165, 1.54) is 60.2 Å². The highest BCUT2D eigenvalue weighted by Crippen LogP contribution is 2.40. The van der Waals surface area contributed by atoms with E-state index in [2.05, 4.69) is 203 Å². The topological polar surface area (TPSA) is 35.6 Å². The standard InChI is InChI=1S/C56H36N4/c1-3-16-38(17-4-1)49-36-50(58-56(57-49)39-18-5-2-6-19-39)42-21-13-22-43(33-42)59-52-26-11-10-25-46(52)48-34-40(30-32-54(48)59)41-29-31-47-45-24-9-12-27-53(45)60(55(47)35-41)51-28-14-20-37-15-7-8-23-44(37)51/h1-36H. The average molecular weight is 765 g/mol. The lowest BCUT2D eigenvalue weighted by Gasteiger charge is -2.13. The van der Waals surface area contributed by atoms with Crippen LogP contribution in [-0.2, 0) is 0 Å². The van der Waals surface area contributed by atoms with Crippen LogP contribution in [0.5, 0.6) is 0 Å². The van der Waals surface area contributed by atoms with Crippen LogP contribution in [0.1, 0.15) is 0 Å². The lowest BCUT2D eigenvalue weighted by Crippen LogP contribution is -1.97. The number of aromatic nitrogens is 4. The summed E-state index contributed by atoms with van der Waals surface area (Å²) in [7, 11) is 0. The van der Waals surface area contributed by atoms with E-state index in [1.54, 1.807) is 0 Å². The van der Waals surface area contributed by atoms with Gasteiger partial charge >= 0.3 is 0 Å². The number of rotatable bonds is 6. The zero-order valence-corrected chi connectivity index (χ0v) is 32.6. The van der Waals surface area contributed by atoms with E-state index in [4.69, 9.17) is 9.97 Å². The van der Waals surface area contributed by atoms with E-state index < -0.39 is 0 Å². The highest BCUT2D eigenvalue weighted by Gasteiger charge is 2.18. The van der Waals surface area contributed by atoms with E-state index in [-0.39, 0.29) is 0 Å². The van der Waals surface area contributed by atoms with E-state index >= 15 is 0 Å². The van der Waals surface area contributed by atoms with Crippen molar-refractivity contribution >= 4 is 54.4 Å². The minimum Gasteiger partial charge on any atom is -0.309 e. The Balaban J connectivity index is 1.01. The van der Waals surface area contributed by atoms with Gasteiger partial charge in [-0.2, -0.15) is 0 Å². The normalized spacial score (nSPS) is 11.7. The number of fused-ring (bicyclic) bond motifs is 7. The van der Waals surface area contributed by atoms with Crippen LogP contribution in [0.2, 0.25) is 0 Å². The highest BCUT2D eigenvalue weighted by atomic mass is 15.0. The number of nitrogens with zero attached hydrogens (tertiary/aromatic N) is 4. The monoisotopic (exact) mass is 764 g/mol. The molecule has 12 aromatic rings. The quantitative estimate of drug-likeness (QED) is 0.169. The molecule has 0 fully saturated rings. The zero-order chi connectivity index (χ0) is 39.6. The van der Waals surface area contributed by atoms with Gasteiger partial charge < -0.3 is 9.13 Å². The van der Waals surface area contributed by atoms with Gasteiger partial charge in [0.2, 0.25) is 0 Å². The van der Waals surface area contributed by atoms with Gasteiger partial charge in [-0.1, -0.05) is 164 Å². The third kappa shape index (κ3) is 5.53. The van der Waals surface area contributed by atoms with Crippen molar-refractivity contribution in [3.05, 3.63) is 218 Å². The van der Waals surface area contributed by atoms with Crippen molar-refractivity contribution in [2.75, 3.05) is 0 Å².